The second-order valence-electron chi connectivity index (χ2n) is 7.14. The maximum absolute atomic E-state index is 10.4. The van der Waals surface area contributed by atoms with Crippen LogP contribution >= 0.6 is 0 Å². The molecule has 0 radical (unpaired) electrons. The number of hydrogen-bond acceptors (Lipinski definition) is 1. The predicted octanol–water partition coefficient (Wildman–Crippen LogP) is 7.84. The molecule has 146 valence electrons. The third-order valence-electron chi connectivity index (χ3n) is 4.59. The first-order chi connectivity index (χ1) is 12.3. The minimum absolute atomic E-state index is 0.334. The van der Waals surface area contributed by atoms with E-state index in [2.05, 4.69) is 31.2 Å². The van der Waals surface area contributed by atoms with Crippen molar-refractivity contribution in [2.45, 2.75) is 116 Å². The van der Waals surface area contributed by atoms with Crippen LogP contribution in [0.25, 0.3) is 0 Å². The predicted molar refractivity (Wildman–Crippen MR) is 110 cm³/mol. The van der Waals surface area contributed by atoms with Crippen LogP contribution in [-0.2, 0) is 4.79 Å². The summed E-state index contributed by atoms with van der Waals surface area (Å²) in [4.78, 5) is 10.4. The molecule has 0 heterocycles. The van der Waals surface area contributed by atoms with Gasteiger partial charge in [-0.2, -0.15) is 0 Å². The normalized spacial score (nSPS) is 11.7. The Bertz CT molecular complexity index is 331. The van der Waals surface area contributed by atoms with Gasteiger partial charge in [0, 0.05) is 6.42 Å². The van der Waals surface area contributed by atoms with E-state index in [1.54, 1.807) is 0 Å². The first-order valence-corrected chi connectivity index (χ1v) is 10.8. The van der Waals surface area contributed by atoms with Crippen LogP contribution in [0, 0.1) is 0 Å². The summed E-state index contributed by atoms with van der Waals surface area (Å²) >= 11 is 0. The van der Waals surface area contributed by atoms with Crippen molar-refractivity contribution in [3.63, 3.8) is 0 Å². The van der Waals surface area contributed by atoms with Gasteiger partial charge in [0.15, 0.2) is 0 Å². The molecule has 0 saturated carbocycles. The molecule has 0 fully saturated rings. The fraction of sp³-hybridized carbons (Fsp3) is 0.783. The summed E-state index contributed by atoms with van der Waals surface area (Å²) in [5, 5.41) is 8.56. The molecule has 0 aromatic carbocycles. The van der Waals surface area contributed by atoms with Crippen LogP contribution in [-0.4, -0.2) is 11.1 Å². The first kappa shape index (κ1) is 23.9. The molecule has 0 bridgehead atoms. The van der Waals surface area contributed by atoms with E-state index in [9.17, 15) is 4.79 Å². The van der Waals surface area contributed by atoms with Gasteiger partial charge in [0.05, 0.1) is 0 Å². The Morgan fingerprint density at radius 3 is 1.56 bits per heavy atom. The van der Waals surface area contributed by atoms with Crippen molar-refractivity contribution < 1.29 is 9.90 Å². The van der Waals surface area contributed by atoms with Crippen molar-refractivity contribution in [3.8, 4) is 0 Å². The Kier molecular flexibility index (Phi) is 20.1. The van der Waals surface area contributed by atoms with Crippen LogP contribution < -0.4 is 0 Å². The average Bonchev–Trinajstić information content (AvgIpc) is 2.60. The molecule has 1 N–H and O–H groups in total. The summed E-state index contributed by atoms with van der Waals surface area (Å²) in [6.45, 7) is 2.26. The molecule has 25 heavy (non-hydrogen) atoms. The zero-order valence-corrected chi connectivity index (χ0v) is 16.7. The van der Waals surface area contributed by atoms with E-state index in [0.29, 0.717) is 6.42 Å². The van der Waals surface area contributed by atoms with E-state index in [1.165, 1.54) is 83.5 Å². The van der Waals surface area contributed by atoms with Gasteiger partial charge in [-0.25, -0.2) is 0 Å². The summed E-state index contributed by atoms with van der Waals surface area (Å²) in [6.07, 6.45) is 29.6. The van der Waals surface area contributed by atoms with E-state index >= 15 is 0 Å². The van der Waals surface area contributed by atoms with E-state index in [0.717, 1.165) is 19.3 Å². The highest BCUT2D eigenvalue weighted by Gasteiger charge is 1.96. The van der Waals surface area contributed by atoms with Gasteiger partial charge < -0.3 is 5.11 Å². The van der Waals surface area contributed by atoms with Crippen molar-refractivity contribution in [3.05, 3.63) is 24.3 Å². The topological polar surface area (TPSA) is 37.3 Å². The van der Waals surface area contributed by atoms with Crippen molar-refractivity contribution in [2.24, 2.45) is 0 Å². The Morgan fingerprint density at radius 2 is 1.08 bits per heavy atom. The summed E-state index contributed by atoms with van der Waals surface area (Å²) in [7, 11) is 0. The molecule has 0 aliphatic heterocycles. The molecule has 0 aromatic heterocycles. The SMILES string of the molecule is CCCCCCCC=CCC=CCCCCCCCCCCC(=O)O. The van der Waals surface area contributed by atoms with Crippen LogP contribution in [0.15, 0.2) is 24.3 Å². The Balaban J connectivity index is 3.16. The number of carbonyl (C=O) groups is 1. The first-order valence-electron chi connectivity index (χ1n) is 10.8. The highest BCUT2D eigenvalue weighted by atomic mass is 16.4. The van der Waals surface area contributed by atoms with Crippen molar-refractivity contribution in [1.82, 2.24) is 0 Å². The van der Waals surface area contributed by atoms with Crippen LogP contribution in [0.2, 0.25) is 0 Å². The summed E-state index contributed by atoms with van der Waals surface area (Å²) in [5.41, 5.74) is 0. The number of carboxylic acids is 1. The van der Waals surface area contributed by atoms with Gasteiger partial charge in [-0.15, -0.1) is 0 Å². The average molecular weight is 351 g/mol. The molecular formula is C23H42O2. The molecule has 0 spiro atoms. The maximum Gasteiger partial charge on any atom is 0.303 e. The summed E-state index contributed by atoms with van der Waals surface area (Å²) < 4.78 is 0. The monoisotopic (exact) mass is 350 g/mol. The quantitative estimate of drug-likeness (QED) is 0.190. The molecule has 2 nitrogen and oxygen atoms in total. The lowest BCUT2D eigenvalue weighted by Crippen LogP contribution is -1.93. The van der Waals surface area contributed by atoms with Gasteiger partial charge in [0.25, 0.3) is 0 Å². The molecule has 0 rings (SSSR count). The minimum Gasteiger partial charge on any atom is -0.481 e. The van der Waals surface area contributed by atoms with Crippen LogP contribution in [0.1, 0.15) is 116 Å². The molecule has 0 atom stereocenters. The van der Waals surface area contributed by atoms with E-state index in [1.807, 2.05) is 0 Å². The molecule has 0 unspecified atom stereocenters. The van der Waals surface area contributed by atoms with Crippen molar-refractivity contribution in [1.29, 1.82) is 0 Å². The van der Waals surface area contributed by atoms with Gasteiger partial charge in [0.1, 0.15) is 0 Å². The fourth-order valence-electron chi connectivity index (χ4n) is 2.97. The number of allylic oxidation sites excluding steroid dienone is 4. The molecule has 0 amide bonds. The number of hydrogen-bond donors (Lipinski definition) is 1. The highest BCUT2D eigenvalue weighted by molar-refractivity contribution is 5.66. The van der Waals surface area contributed by atoms with Gasteiger partial charge in [-0.05, 0) is 38.5 Å². The number of aliphatic carboxylic acids is 1. The maximum atomic E-state index is 10.4. The lowest BCUT2D eigenvalue weighted by Gasteiger charge is -2.00. The number of unbranched alkanes of at least 4 members (excludes halogenated alkanes) is 13. The zero-order valence-electron chi connectivity index (χ0n) is 16.7. The minimum atomic E-state index is -0.661. The molecule has 0 aliphatic rings. The molecular weight excluding hydrogens is 308 g/mol. The van der Waals surface area contributed by atoms with E-state index < -0.39 is 5.97 Å². The van der Waals surface area contributed by atoms with Gasteiger partial charge in [-0.1, -0.05) is 95.4 Å². The third kappa shape index (κ3) is 22.9. The fourth-order valence-corrected chi connectivity index (χ4v) is 2.97. The van der Waals surface area contributed by atoms with Crippen LogP contribution in [0.4, 0.5) is 0 Å². The van der Waals surface area contributed by atoms with Gasteiger partial charge >= 0.3 is 5.97 Å². The van der Waals surface area contributed by atoms with Gasteiger partial charge in [-0.3, -0.25) is 4.79 Å². The summed E-state index contributed by atoms with van der Waals surface area (Å²) in [6, 6.07) is 0. The highest BCUT2D eigenvalue weighted by Crippen LogP contribution is 2.11. The Morgan fingerprint density at radius 1 is 0.640 bits per heavy atom. The van der Waals surface area contributed by atoms with E-state index in [4.69, 9.17) is 5.11 Å². The second kappa shape index (κ2) is 21.0. The summed E-state index contributed by atoms with van der Waals surface area (Å²) in [5.74, 6) is -0.661. The second-order valence-corrected chi connectivity index (χ2v) is 7.14. The lowest BCUT2D eigenvalue weighted by atomic mass is 10.1. The smallest absolute Gasteiger partial charge is 0.303 e. The van der Waals surface area contributed by atoms with Crippen molar-refractivity contribution >= 4 is 5.97 Å². The zero-order chi connectivity index (χ0) is 18.4. The van der Waals surface area contributed by atoms with E-state index in [-0.39, 0.29) is 0 Å². The largest absolute Gasteiger partial charge is 0.481 e. The standard InChI is InChI=1S/C23H42O2/c1-2-3-4-5-6-7-8-9-10-11-12-13-14-15-16-17-18-19-20-21-22-23(24)25/h8-9,11-12H,2-7,10,13-22H2,1H3,(H,24,25). The van der Waals surface area contributed by atoms with Crippen LogP contribution in [0.5, 0.6) is 0 Å². The third-order valence-corrected chi connectivity index (χ3v) is 4.59. The van der Waals surface area contributed by atoms with Gasteiger partial charge in [0.2, 0.25) is 0 Å². The molecule has 0 aliphatic carbocycles. The molecule has 2 heteroatoms. The van der Waals surface area contributed by atoms with Crippen LogP contribution in [0.3, 0.4) is 0 Å². The number of rotatable bonds is 19. The Labute approximate surface area is 156 Å². The lowest BCUT2D eigenvalue weighted by molar-refractivity contribution is -0.137. The Hall–Kier alpha value is -1.05. The van der Waals surface area contributed by atoms with Crippen molar-refractivity contribution in [2.75, 3.05) is 0 Å². The molecule has 0 saturated heterocycles. The molecule has 0 aromatic rings. The number of carboxylic acid groups (broad SMARTS) is 1.